The van der Waals surface area contributed by atoms with E-state index in [0.717, 1.165) is 12.0 Å². The van der Waals surface area contributed by atoms with E-state index in [-0.39, 0.29) is 12.2 Å². The Hall–Kier alpha value is -1.84. The third-order valence-electron chi connectivity index (χ3n) is 1.93. The van der Waals surface area contributed by atoms with E-state index in [4.69, 9.17) is 5.11 Å². The lowest BCUT2D eigenvalue weighted by Crippen LogP contribution is -1.86. The fourth-order valence-corrected chi connectivity index (χ4v) is 0.909. The van der Waals surface area contributed by atoms with Crippen molar-refractivity contribution < 1.29 is 19.8 Å². The minimum absolute atomic E-state index is 0.0688. The number of carbonyl (C=O) groups is 2. The first kappa shape index (κ1) is 14.2. The summed E-state index contributed by atoms with van der Waals surface area (Å²) < 4.78 is 0. The van der Waals surface area contributed by atoms with Crippen molar-refractivity contribution in [1.82, 2.24) is 0 Å². The summed E-state index contributed by atoms with van der Waals surface area (Å²) in [7, 11) is 0. The molecule has 0 aliphatic rings. The molecule has 4 heteroatoms. The molecule has 1 aromatic carbocycles. The predicted molar refractivity (Wildman–Crippen MR) is 60.8 cm³/mol. The first-order chi connectivity index (χ1) is 7.54. The van der Waals surface area contributed by atoms with E-state index in [0.29, 0.717) is 11.8 Å². The fourth-order valence-electron chi connectivity index (χ4n) is 0.909. The molecule has 0 radical (unpaired) electrons. The molecule has 0 amide bonds. The number of carbonyl (C=O) groups excluding carboxylic acids is 1. The number of hydrogen-bond acceptors (Lipinski definition) is 3. The van der Waals surface area contributed by atoms with Crippen molar-refractivity contribution in [2.45, 2.75) is 26.7 Å². The Morgan fingerprint density at radius 2 is 1.94 bits per heavy atom. The summed E-state index contributed by atoms with van der Waals surface area (Å²) in [4.78, 5) is 19.6. The first-order valence-electron chi connectivity index (χ1n) is 5.04. The van der Waals surface area contributed by atoms with Crippen molar-refractivity contribution in [2.24, 2.45) is 0 Å². The van der Waals surface area contributed by atoms with Gasteiger partial charge in [0.05, 0.1) is 5.56 Å². The highest BCUT2D eigenvalue weighted by atomic mass is 16.4. The molecule has 0 aromatic heterocycles. The molecular weight excluding hydrogens is 208 g/mol. The second kappa shape index (κ2) is 7.45. The third-order valence-corrected chi connectivity index (χ3v) is 1.93. The van der Waals surface area contributed by atoms with Gasteiger partial charge in [-0.25, -0.2) is 0 Å². The van der Waals surface area contributed by atoms with Gasteiger partial charge in [-0.05, 0) is 24.1 Å². The normalized spacial score (nSPS) is 8.88. The summed E-state index contributed by atoms with van der Waals surface area (Å²) in [5.74, 6) is -0.677. The van der Waals surface area contributed by atoms with Crippen LogP contribution >= 0.6 is 0 Å². The van der Waals surface area contributed by atoms with Crippen LogP contribution < -0.4 is 0 Å². The lowest BCUT2D eigenvalue weighted by molar-refractivity contribution is -0.136. The second-order valence-electron chi connectivity index (χ2n) is 3.11. The van der Waals surface area contributed by atoms with Gasteiger partial charge >= 0.3 is 5.97 Å². The second-order valence-corrected chi connectivity index (χ2v) is 3.11. The van der Waals surface area contributed by atoms with Crippen molar-refractivity contribution in [3.05, 3.63) is 29.3 Å². The van der Waals surface area contributed by atoms with Gasteiger partial charge in [-0.15, -0.1) is 0 Å². The molecule has 0 aliphatic carbocycles. The van der Waals surface area contributed by atoms with Crippen molar-refractivity contribution in [3.8, 4) is 5.75 Å². The third kappa shape index (κ3) is 5.14. The van der Waals surface area contributed by atoms with Crippen LogP contribution in [-0.4, -0.2) is 22.5 Å². The molecule has 0 unspecified atom stereocenters. The van der Waals surface area contributed by atoms with Crippen LogP contribution in [0.15, 0.2) is 18.2 Å². The van der Waals surface area contributed by atoms with Gasteiger partial charge < -0.3 is 10.2 Å². The average Bonchev–Trinajstić information content (AvgIpc) is 2.29. The monoisotopic (exact) mass is 224 g/mol. The molecule has 0 bridgehead atoms. The van der Waals surface area contributed by atoms with E-state index >= 15 is 0 Å². The van der Waals surface area contributed by atoms with Crippen LogP contribution in [-0.2, 0) is 11.2 Å². The maximum atomic E-state index is 10.3. The number of hydrogen-bond donors (Lipinski definition) is 2. The zero-order valence-electron chi connectivity index (χ0n) is 9.43. The van der Waals surface area contributed by atoms with Crippen molar-refractivity contribution >= 4 is 12.3 Å². The number of aliphatic carboxylic acids is 1. The number of phenolic OH excluding ortho intramolecular Hbond substituents is 1. The summed E-state index contributed by atoms with van der Waals surface area (Å²) in [6.07, 6.45) is 1.74. The molecule has 4 nitrogen and oxygen atoms in total. The first-order valence-corrected chi connectivity index (χ1v) is 5.04. The Balaban J connectivity index is 0.000000385. The van der Waals surface area contributed by atoms with E-state index in [1.807, 2.05) is 13.0 Å². The molecular formula is C12H16O4. The van der Waals surface area contributed by atoms with Gasteiger partial charge in [0.2, 0.25) is 0 Å². The van der Waals surface area contributed by atoms with Gasteiger partial charge in [-0.2, -0.15) is 0 Å². The molecule has 88 valence electrons. The van der Waals surface area contributed by atoms with E-state index in [2.05, 4.69) is 0 Å². The topological polar surface area (TPSA) is 74.6 Å². The number of aryl methyl sites for hydroxylation is 1. The molecule has 1 aromatic rings. The molecule has 0 saturated heterocycles. The predicted octanol–water partition coefficient (Wildman–Crippen LogP) is 2.25. The SMILES string of the molecule is CCC(=O)O.CCc1ccc(C=O)c(O)c1. The summed E-state index contributed by atoms with van der Waals surface area (Å²) in [5.41, 5.74) is 1.38. The maximum absolute atomic E-state index is 10.3. The molecule has 0 fully saturated rings. The van der Waals surface area contributed by atoms with Gasteiger partial charge in [0.15, 0.2) is 6.29 Å². The van der Waals surface area contributed by atoms with Crippen molar-refractivity contribution in [3.63, 3.8) is 0 Å². The number of aldehydes is 1. The molecule has 2 N–H and O–H groups in total. The number of carboxylic acids is 1. The van der Waals surface area contributed by atoms with Crippen molar-refractivity contribution in [1.29, 1.82) is 0 Å². The van der Waals surface area contributed by atoms with Crippen molar-refractivity contribution in [2.75, 3.05) is 0 Å². The van der Waals surface area contributed by atoms with Gasteiger partial charge in [0, 0.05) is 6.42 Å². The van der Waals surface area contributed by atoms with E-state index in [1.54, 1.807) is 19.1 Å². The quantitative estimate of drug-likeness (QED) is 0.772. The van der Waals surface area contributed by atoms with E-state index in [9.17, 15) is 14.7 Å². The molecule has 1 rings (SSSR count). The van der Waals surface area contributed by atoms with Gasteiger partial charge in [0.1, 0.15) is 5.75 Å². The number of carboxylic acid groups (broad SMARTS) is 1. The van der Waals surface area contributed by atoms with Crippen LogP contribution in [0.2, 0.25) is 0 Å². The number of benzene rings is 1. The maximum Gasteiger partial charge on any atom is 0.303 e. The highest BCUT2D eigenvalue weighted by Gasteiger charge is 1.98. The van der Waals surface area contributed by atoms with Gasteiger partial charge in [0.25, 0.3) is 0 Å². The highest BCUT2D eigenvalue weighted by molar-refractivity contribution is 5.79. The fraction of sp³-hybridized carbons (Fsp3) is 0.333. The van der Waals surface area contributed by atoms with Crippen LogP contribution in [0, 0.1) is 0 Å². The van der Waals surface area contributed by atoms with Gasteiger partial charge in [-0.1, -0.05) is 19.9 Å². The zero-order chi connectivity index (χ0) is 12.6. The highest BCUT2D eigenvalue weighted by Crippen LogP contribution is 2.16. The lowest BCUT2D eigenvalue weighted by atomic mass is 10.1. The summed E-state index contributed by atoms with van der Waals surface area (Å²) in [5, 5.41) is 16.9. The Kier molecular flexibility index (Phi) is 6.59. The van der Waals surface area contributed by atoms with E-state index in [1.165, 1.54) is 0 Å². The molecule has 0 aliphatic heterocycles. The summed E-state index contributed by atoms with van der Waals surface area (Å²) in [6.45, 7) is 3.59. The van der Waals surface area contributed by atoms with E-state index < -0.39 is 5.97 Å². The smallest absolute Gasteiger partial charge is 0.303 e. The van der Waals surface area contributed by atoms with Crippen LogP contribution in [0.4, 0.5) is 0 Å². The molecule has 0 atom stereocenters. The average molecular weight is 224 g/mol. The van der Waals surface area contributed by atoms with Crippen LogP contribution in [0.25, 0.3) is 0 Å². The molecule has 0 spiro atoms. The number of aromatic hydroxyl groups is 1. The molecule has 0 saturated carbocycles. The molecule has 0 heterocycles. The van der Waals surface area contributed by atoms with Crippen LogP contribution in [0.3, 0.4) is 0 Å². The Labute approximate surface area is 94.5 Å². The summed E-state index contributed by atoms with van der Waals surface area (Å²) in [6, 6.07) is 5.08. The molecule has 16 heavy (non-hydrogen) atoms. The van der Waals surface area contributed by atoms with Gasteiger partial charge in [-0.3, -0.25) is 9.59 Å². The van der Waals surface area contributed by atoms with Crippen LogP contribution in [0.5, 0.6) is 5.75 Å². The minimum atomic E-state index is -0.745. The van der Waals surface area contributed by atoms with Crippen LogP contribution in [0.1, 0.15) is 36.2 Å². The Bertz CT molecular complexity index is 358. The Morgan fingerprint density at radius 3 is 2.25 bits per heavy atom. The largest absolute Gasteiger partial charge is 0.507 e. The lowest BCUT2D eigenvalue weighted by Gasteiger charge is -1.99. The summed E-state index contributed by atoms with van der Waals surface area (Å²) >= 11 is 0. The zero-order valence-corrected chi connectivity index (χ0v) is 9.43. The Morgan fingerprint density at radius 1 is 1.38 bits per heavy atom. The number of rotatable bonds is 3. The standard InChI is InChI=1S/C9H10O2.C3H6O2/c1-2-7-3-4-8(6-10)9(11)5-7;1-2-3(4)5/h3-6,11H,2H2,1H3;2H2,1H3,(H,4,5). The minimum Gasteiger partial charge on any atom is -0.507 e. The number of phenols is 1.